The summed E-state index contributed by atoms with van der Waals surface area (Å²) in [5, 5.41) is 4.43. The van der Waals surface area contributed by atoms with Gasteiger partial charge in [0.15, 0.2) is 11.5 Å². The number of likely N-dealkylation sites (tertiary alicyclic amines) is 1. The Kier molecular flexibility index (Phi) is 5.68. The maximum atomic E-state index is 5.62. The smallest absolute Gasteiger partial charge is 0.230 e. The van der Waals surface area contributed by atoms with Crippen molar-refractivity contribution in [3.63, 3.8) is 0 Å². The van der Waals surface area contributed by atoms with Crippen molar-refractivity contribution >= 4 is 5.71 Å². The van der Waals surface area contributed by atoms with Gasteiger partial charge in [-0.1, -0.05) is 11.2 Å². The first kappa shape index (κ1) is 20.0. The van der Waals surface area contributed by atoms with Gasteiger partial charge >= 0.3 is 0 Å². The molecule has 2 aliphatic rings. The average Bonchev–Trinajstić information content (AvgIpc) is 3.03. The van der Waals surface area contributed by atoms with Crippen LogP contribution in [0.15, 0.2) is 23.4 Å². The Balaban J connectivity index is 0.00000280. The van der Waals surface area contributed by atoms with Gasteiger partial charge in [-0.25, -0.2) is 0 Å². The molecule has 1 saturated carbocycles. The summed E-state index contributed by atoms with van der Waals surface area (Å²) in [5.74, 6) is 0.864. The standard InChI is InChI=1S/C21H32N2O4.H2/c1-20(2,26-6)27-22-16-9-10-21(11-12-23(3)19(21)14-16)15-7-8-17(24-4)18(13-15)25-5;/h7-8,13,19H,9-12,14H2,1-6H3;1H/b22-16+;/t19-,21-;/m0./s1. The van der Waals surface area contributed by atoms with Crippen molar-refractivity contribution in [2.45, 2.75) is 56.8 Å². The molecule has 2 atom stereocenters. The van der Waals surface area contributed by atoms with Crippen LogP contribution in [0.5, 0.6) is 11.5 Å². The Hall–Kier alpha value is -1.79. The monoisotopic (exact) mass is 378 g/mol. The molecule has 0 bridgehead atoms. The SMILES string of the molecule is COc1ccc([C@@]23CC/C(=N\OC(C)(C)OC)C[C@@H]2N(C)CC3)cc1OC.[HH]. The average molecular weight is 379 g/mol. The van der Waals surface area contributed by atoms with Gasteiger partial charge in [0, 0.05) is 40.3 Å². The first-order valence-corrected chi connectivity index (χ1v) is 9.57. The maximum absolute atomic E-state index is 5.62. The fourth-order valence-electron chi connectivity index (χ4n) is 4.38. The lowest BCUT2D eigenvalue weighted by molar-refractivity contribution is -0.197. The molecular formula is C21H34N2O4. The van der Waals surface area contributed by atoms with Crippen LogP contribution < -0.4 is 9.47 Å². The highest BCUT2D eigenvalue weighted by atomic mass is 16.8. The molecule has 6 nitrogen and oxygen atoms in total. The van der Waals surface area contributed by atoms with Crippen molar-refractivity contribution < 1.29 is 20.5 Å². The lowest BCUT2D eigenvalue weighted by atomic mass is 9.65. The second-order valence-corrected chi connectivity index (χ2v) is 8.03. The predicted octanol–water partition coefficient (Wildman–Crippen LogP) is 3.83. The zero-order valence-corrected chi connectivity index (χ0v) is 17.4. The molecule has 0 spiro atoms. The van der Waals surface area contributed by atoms with Gasteiger partial charge in [0.25, 0.3) is 0 Å². The van der Waals surface area contributed by atoms with E-state index in [1.54, 1.807) is 21.3 Å². The summed E-state index contributed by atoms with van der Waals surface area (Å²) in [7, 11) is 7.20. The molecule has 1 aromatic carbocycles. The number of likely N-dealkylation sites (N-methyl/N-ethyl adjacent to an activating group) is 1. The Labute approximate surface area is 163 Å². The van der Waals surface area contributed by atoms with Gasteiger partial charge < -0.3 is 23.9 Å². The summed E-state index contributed by atoms with van der Waals surface area (Å²) >= 11 is 0. The minimum Gasteiger partial charge on any atom is -0.493 e. The number of methoxy groups -OCH3 is 3. The van der Waals surface area contributed by atoms with E-state index in [0.29, 0.717) is 6.04 Å². The molecule has 3 rings (SSSR count). The third-order valence-electron chi connectivity index (χ3n) is 6.21. The second kappa shape index (κ2) is 7.68. The zero-order valence-electron chi connectivity index (χ0n) is 17.4. The highest BCUT2D eigenvalue weighted by Gasteiger charge is 2.50. The van der Waals surface area contributed by atoms with Gasteiger partial charge in [0.2, 0.25) is 5.79 Å². The topological polar surface area (TPSA) is 52.5 Å². The van der Waals surface area contributed by atoms with Crippen molar-refractivity contribution in [3.8, 4) is 11.5 Å². The lowest BCUT2D eigenvalue weighted by Gasteiger charge is -2.42. The van der Waals surface area contributed by atoms with Crippen molar-refractivity contribution in [2.75, 3.05) is 34.9 Å². The van der Waals surface area contributed by atoms with Crippen LogP contribution in [0, 0.1) is 0 Å². The van der Waals surface area contributed by atoms with Crippen LogP contribution in [0.2, 0.25) is 0 Å². The van der Waals surface area contributed by atoms with Crippen LogP contribution in [-0.4, -0.2) is 57.4 Å². The first-order valence-electron chi connectivity index (χ1n) is 9.57. The summed E-state index contributed by atoms with van der Waals surface area (Å²) in [6, 6.07) is 6.77. The molecule has 2 fully saturated rings. The van der Waals surface area contributed by atoms with E-state index in [-0.39, 0.29) is 6.84 Å². The molecule has 0 aromatic heterocycles. The number of hydrogen-bond donors (Lipinski definition) is 0. The Bertz CT molecular complexity index is 710. The molecule has 27 heavy (non-hydrogen) atoms. The molecule has 1 aliphatic carbocycles. The Morgan fingerprint density at radius 2 is 1.89 bits per heavy atom. The molecule has 1 saturated heterocycles. The van der Waals surface area contributed by atoms with E-state index in [1.807, 2.05) is 19.9 Å². The van der Waals surface area contributed by atoms with Gasteiger partial charge in [-0.3, -0.25) is 0 Å². The number of oxime groups is 1. The number of hydrogen-bond acceptors (Lipinski definition) is 6. The summed E-state index contributed by atoms with van der Waals surface area (Å²) < 4.78 is 16.3. The summed E-state index contributed by atoms with van der Waals surface area (Å²) in [6.07, 6.45) is 4.03. The molecule has 0 unspecified atom stereocenters. The molecular weight excluding hydrogens is 344 g/mol. The molecule has 1 aliphatic heterocycles. The molecule has 6 heteroatoms. The largest absolute Gasteiger partial charge is 0.493 e. The van der Waals surface area contributed by atoms with E-state index < -0.39 is 5.79 Å². The number of ether oxygens (including phenoxy) is 3. The molecule has 1 aromatic rings. The van der Waals surface area contributed by atoms with E-state index in [9.17, 15) is 0 Å². The Morgan fingerprint density at radius 3 is 2.56 bits per heavy atom. The molecule has 0 radical (unpaired) electrons. The number of benzene rings is 1. The van der Waals surface area contributed by atoms with Crippen molar-refractivity contribution in [1.82, 2.24) is 4.90 Å². The third-order valence-corrected chi connectivity index (χ3v) is 6.21. The quantitative estimate of drug-likeness (QED) is 0.556. The maximum Gasteiger partial charge on any atom is 0.230 e. The minimum atomic E-state index is -0.702. The third kappa shape index (κ3) is 3.78. The van der Waals surface area contributed by atoms with Gasteiger partial charge in [-0.05, 0) is 50.6 Å². The van der Waals surface area contributed by atoms with Gasteiger partial charge in [0.1, 0.15) is 0 Å². The van der Waals surface area contributed by atoms with E-state index in [1.165, 1.54) is 5.56 Å². The fourth-order valence-corrected chi connectivity index (χ4v) is 4.38. The van der Waals surface area contributed by atoms with Crippen LogP contribution in [0.25, 0.3) is 0 Å². The van der Waals surface area contributed by atoms with E-state index in [2.05, 4.69) is 29.2 Å². The predicted molar refractivity (Wildman–Crippen MR) is 108 cm³/mol. The van der Waals surface area contributed by atoms with E-state index in [0.717, 1.165) is 49.4 Å². The van der Waals surface area contributed by atoms with Gasteiger partial charge in [-0.15, -0.1) is 0 Å². The van der Waals surface area contributed by atoms with E-state index >= 15 is 0 Å². The summed E-state index contributed by atoms with van der Waals surface area (Å²) in [6.45, 7) is 4.82. The minimum absolute atomic E-state index is 0. The fraction of sp³-hybridized carbons (Fsp3) is 0.667. The number of nitrogens with zero attached hydrogens (tertiary/aromatic N) is 2. The van der Waals surface area contributed by atoms with Crippen LogP contribution in [0.1, 0.15) is 46.5 Å². The van der Waals surface area contributed by atoms with Gasteiger partial charge in [-0.2, -0.15) is 0 Å². The zero-order chi connectivity index (χ0) is 19.7. The van der Waals surface area contributed by atoms with Crippen molar-refractivity contribution in [3.05, 3.63) is 23.8 Å². The highest BCUT2D eigenvalue weighted by molar-refractivity contribution is 5.86. The highest BCUT2D eigenvalue weighted by Crippen LogP contribution is 2.49. The normalized spacial score (nSPS) is 27.5. The van der Waals surface area contributed by atoms with E-state index in [4.69, 9.17) is 19.0 Å². The summed E-state index contributed by atoms with van der Waals surface area (Å²) in [5.41, 5.74) is 2.55. The van der Waals surface area contributed by atoms with Crippen LogP contribution >= 0.6 is 0 Å². The molecule has 152 valence electrons. The van der Waals surface area contributed by atoms with Crippen molar-refractivity contribution in [2.24, 2.45) is 5.16 Å². The van der Waals surface area contributed by atoms with Crippen molar-refractivity contribution in [1.29, 1.82) is 0 Å². The second-order valence-electron chi connectivity index (χ2n) is 8.03. The number of fused-ring (bicyclic) bond motifs is 1. The van der Waals surface area contributed by atoms with Crippen LogP contribution in [0.4, 0.5) is 0 Å². The Morgan fingerprint density at radius 1 is 1.15 bits per heavy atom. The molecule has 0 N–H and O–H groups in total. The van der Waals surface area contributed by atoms with Gasteiger partial charge in [0.05, 0.1) is 19.9 Å². The first-order chi connectivity index (χ1) is 12.8. The molecule has 0 amide bonds. The number of rotatable bonds is 6. The van der Waals surface area contributed by atoms with Crippen LogP contribution in [-0.2, 0) is 15.0 Å². The van der Waals surface area contributed by atoms with Crippen LogP contribution in [0.3, 0.4) is 0 Å². The lowest BCUT2D eigenvalue weighted by Crippen LogP contribution is -2.46. The molecule has 1 heterocycles. The summed E-state index contributed by atoms with van der Waals surface area (Å²) in [4.78, 5) is 8.07.